The minimum atomic E-state index is 0.780. The van der Waals surface area contributed by atoms with E-state index in [1.54, 1.807) is 0 Å². The number of nitrogens with zero attached hydrogens (tertiary/aromatic N) is 1. The van der Waals surface area contributed by atoms with Crippen molar-refractivity contribution in [2.24, 2.45) is 11.8 Å². The average Bonchev–Trinajstić information content (AvgIpc) is 3.05. The molecule has 16 heavy (non-hydrogen) atoms. The molecule has 3 unspecified atom stereocenters. The summed E-state index contributed by atoms with van der Waals surface area (Å²) in [5.74, 6) is 1.82. The van der Waals surface area contributed by atoms with E-state index in [2.05, 4.69) is 31.1 Å². The van der Waals surface area contributed by atoms with E-state index in [0.717, 1.165) is 30.5 Å². The van der Waals surface area contributed by atoms with Crippen LogP contribution < -0.4 is 5.32 Å². The second-order valence-corrected chi connectivity index (χ2v) is 6.01. The van der Waals surface area contributed by atoms with Gasteiger partial charge in [0, 0.05) is 18.6 Å². The van der Waals surface area contributed by atoms with Gasteiger partial charge in [-0.05, 0) is 57.5 Å². The largest absolute Gasteiger partial charge is 0.314 e. The smallest absolute Gasteiger partial charge is 0.0108 e. The molecule has 0 aliphatic heterocycles. The van der Waals surface area contributed by atoms with E-state index < -0.39 is 0 Å². The molecule has 2 rings (SSSR count). The lowest BCUT2D eigenvalue weighted by Crippen LogP contribution is -2.45. The molecule has 2 nitrogen and oxygen atoms in total. The van der Waals surface area contributed by atoms with Gasteiger partial charge in [-0.2, -0.15) is 0 Å². The van der Waals surface area contributed by atoms with E-state index in [9.17, 15) is 0 Å². The van der Waals surface area contributed by atoms with Gasteiger partial charge in [-0.1, -0.05) is 13.8 Å². The Kier molecular flexibility index (Phi) is 4.26. The van der Waals surface area contributed by atoms with Gasteiger partial charge < -0.3 is 10.2 Å². The number of hydrogen-bond donors (Lipinski definition) is 1. The van der Waals surface area contributed by atoms with Crippen LogP contribution in [0.2, 0.25) is 0 Å². The number of hydrogen-bond acceptors (Lipinski definition) is 2. The topological polar surface area (TPSA) is 15.3 Å². The van der Waals surface area contributed by atoms with Crippen molar-refractivity contribution in [3.05, 3.63) is 0 Å². The van der Waals surface area contributed by atoms with Crippen LogP contribution in [0.3, 0.4) is 0 Å². The maximum atomic E-state index is 3.69. The monoisotopic (exact) mass is 224 g/mol. The van der Waals surface area contributed by atoms with Gasteiger partial charge in [0.25, 0.3) is 0 Å². The van der Waals surface area contributed by atoms with E-state index in [0.29, 0.717) is 0 Å². The molecule has 2 heteroatoms. The van der Waals surface area contributed by atoms with Crippen molar-refractivity contribution in [1.82, 2.24) is 10.2 Å². The van der Waals surface area contributed by atoms with E-state index in [4.69, 9.17) is 0 Å². The summed E-state index contributed by atoms with van der Waals surface area (Å²) in [5.41, 5.74) is 0. The third kappa shape index (κ3) is 3.21. The van der Waals surface area contributed by atoms with Gasteiger partial charge in [0.1, 0.15) is 0 Å². The molecule has 0 aromatic heterocycles. The molecule has 0 bridgehead atoms. The Morgan fingerprint density at radius 1 is 1.19 bits per heavy atom. The van der Waals surface area contributed by atoms with Crippen molar-refractivity contribution in [2.75, 3.05) is 20.1 Å². The fraction of sp³-hybridized carbons (Fsp3) is 1.00. The molecule has 0 saturated heterocycles. The van der Waals surface area contributed by atoms with Crippen LogP contribution in [0.4, 0.5) is 0 Å². The van der Waals surface area contributed by atoms with Gasteiger partial charge in [0.15, 0.2) is 0 Å². The molecular weight excluding hydrogens is 196 g/mol. The Balaban J connectivity index is 1.85. The van der Waals surface area contributed by atoms with Gasteiger partial charge in [-0.3, -0.25) is 0 Å². The Hall–Kier alpha value is -0.0800. The molecule has 0 spiro atoms. The summed E-state index contributed by atoms with van der Waals surface area (Å²) >= 11 is 0. The fourth-order valence-corrected chi connectivity index (χ4v) is 3.27. The molecular formula is C14H28N2. The summed E-state index contributed by atoms with van der Waals surface area (Å²) in [5, 5.41) is 3.69. The minimum absolute atomic E-state index is 0.780. The molecule has 2 aliphatic carbocycles. The van der Waals surface area contributed by atoms with Crippen molar-refractivity contribution < 1.29 is 0 Å². The molecule has 2 fully saturated rings. The zero-order chi connectivity index (χ0) is 11.5. The highest BCUT2D eigenvalue weighted by Crippen LogP contribution is 2.32. The summed E-state index contributed by atoms with van der Waals surface area (Å²) in [6, 6.07) is 1.70. The molecule has 2 saturated carbocycles. The zero-order valence-corrected chi connectivity index (χ0v) is 11.2. The van der Waals surface area contributed by atoms with Crippen LogP contribution in [0.1, 0.15) is 46.0 Å². The molecule has 0 radical (unpaired) electrons. The third-order valence-electron chi connectivity index (χ3n) is 4.40. The maximum Gasteiger partial charge on any atom is 0.0108 e. The first kappa shape index (κ1) is 12.4. The van der Waals surface area contributed by atoms with E-state index in [1.807, 2.05) is 0 Å². The standard InChI is InChI=1S/C14H28N2/c1-4-15-14-8-5-11(2)9-12(14)10-16(3)13-6-7-13/h11-15H,4-10H2,1-3H3. The average molecular weight is 224 g/mol. The molecule has 3 atom stereocenters. The summed E-state index contributed by atoms with van der Waals surface area (Å²) < 4.78 is 0. The van der Waals surface area contributed by atoms with Crippen molar-refractivity contribution in [3.63, 3.8) is 0 Å². The van der Waals surface area contributed by atoms with Gasteiger partial charge in [-0.25, -0.2) is 0 Å². The minimum Gasteiger partial charge on any atom is -0.314 e. The quantitative estimate of drug-likeness (QED) is 0.772. The molecule has 2 aliphatic rings. The number of nitrogens with one attached hydrogen (secondary N) is 1. The Labute approximate surface area is 101 Å². The lowest BCUT2D eigenvalue weighted by atomic mass is 9.78. The van der Waals surface area contributed by atoms with Gasteiger partial charge in [0.05, 0.1) is 0 Å². The lowest BCUT2D eigenvalue weighted by molar-refractivity contribution is 0.158. The molecule has 0 aromatic carbocycles. The maximum absolute atomic E-state index is 3.69. The van der Waals surface area contributed by atoms with Crippen LogP contribution in [0.5, 0.6) is 0 Å². The van der Waals surface area contributed by atoms with Crippen molar-refractivity contribution in [3.8, 4) is 0 Å². The molecule has 0 aromatic rings. The van der Waals surface area contributed by atoms with Crippen molar-refractivity contribution >= 4 is 0 Å². The highest BCUT2D eigenvalue weighted by Gasteiger charge is 2.32. The highest BCUT2D eigenvalue weighted by molar-refractivity contribution is 4.89. The van der Waals surface area contributed by atoms with Gasteiger partial charge in [-0.15, -0.1) is 0 Å². The Bertz CT molecular complexity index is 213. The molecule has 0 heterocycles. The summed E-state index contributed by atoms with van der Waals surface area (Å²) in [6.07, 6.45) is 7.10. The summed E-state index contributed by atoms with van der Waals surface area (Å²) in [6.45, 7) is 7.10. The normalized spacial score (nSPS) is 35.6. The second-order valence-electron chi connectivity index (χ2n) is 6.01. The molecule has 1 N–H and O–H groups in total. The predicted molar refractivity (Wildman–Crippen MR) is 69.6 cm³/mol. The Morgan fingerprint density at radius 2 is 1.94 bits per heavy atom. The van der Waals surface area contributed by atoms with Crippen LogP contribution in [-0.4, -0.2) is 37.1 Å². The van der Waals surface area contributed by atoms with E-state index >= 15 is 0 Å². The van der Waals surface area contributed by atoms with E-state index in [1.165, 1.54) is 38.6 Å². The van der Waals surface area contributed by atoms with Crippen LogP contribution in [-0.2, 0) is 0 Å². The van der Waals surface area contributed by atoms with Crippen molar-refractivity contribution in [1.29, 1.82) is 0 Å². The SMILES string of the molecule is CCNC1CCC(C)CC1CN(C)C1CC1. The third-order valence-corrected chi connectivity index (χ3v) is 4.40. The van der Waals surface area contributed by atoms with Gasteiger partial charge >= 0.3 is 0 Å². The first-order valence-electron chi connectivity index (χ1n) is 7.14. The first-order chi connectivity index (χ1) is 7.70. The number of rotatable bonds is 5. The van der Waals surface area contributed by atoms with Crippen LogP contribution in [0.25, 0.3) is 0 Å². The highest BCUT2D eigenvalue weighted by atomic mass is 15.2. The van der Waals surface area contributed by atoms with Crippen molar-refractivity contribution in [2.45, 2.75) is 58.0 Å². The predicted octanol–water partition coefficient (Wildman–Crippen LogP) is 2.49. The Morgan fingerprint density at radius 3 is 2.56 bits per heavy atom. The summed E-state index contributed by atoms with van der Waals surface area (Å²) in [4.78, 5) is 2.60. The molecule has 94 valence electrons. The fourth-order valence-electron chi connectivity index (χ4n) is 3.27. The summed E-state index contributed by atoms with van der Waals surface area (Å²) in [7, 11) is 2.32. The van der Waals surface area contributed by atoms with Crippen LogP contribution >= 0.6 is 0 Å². The van der Waals surface area contributed by atoms with E-state index in [-0.39, 0.29) is 0 Å². The lowest BCUT2D eigenvalue weighted by Gasteiger charge is -2.37. The first-order valence-corrected chi connectivity index (χ1v) is 7.14. The second kappa shape index (κ2) is 5.50. The van der Waals surface area contributed by atoms with Gasteiger partial charge in [0.2, 0.25) is 0 Å². The van der Waals surface area contributed by atoms with Crippen LogP contribution in [0, 0.1) is 11.8 Å². The molecule has 0 amide bonds. The van der Waals surface area contributed by atoms with Crippen LogP contribution in [0.15, 0.2) is 0 Å². The zero-order valence-electron chi connectivity index (χ0n) is 11.2.